The van der Waals surface area contributed by atoms with Crippen molar-refractivity contribution in [2.24, 2.45) is 0 Å². The van der Waals surface area contributed by atoms with Crippen molar-refractivity contribution in [2.45, 2.75) is 367 Å². The largest absolute Gasteiger partial charge is 0.462 e. The quantitative estimate of drug-likeness (QED) is 0.0261. The molecule has 0 bridgehead atoms. The van der Waals surface area contributed by atoms with Crippen molar-refractivity contribution in [3.8, 4) is 0 Å². The summed E-state index contributed by atoms with van der Waals surface area (Å²) in [6.07, 6.45) is 69.6. The van der Waals surface area contributed by atoms with Gasteiger partial charge in [-0.05, 0) is 44.9 Å². The molecule has 0 N–H and O–H groups in total. The number of hydrogen-bond acceptors (Lipinski definition) is 6. The molecule has 0 aromatic heterocycles. The Kier molecular flexibility index (Phi) is 58.1. The molecule has 414 valence electrons. The second kappa shape index (κ2) is 59.7. The second-order valence-corrected chi connectivity index (χ2v) is 21.7. The van der Waals surface area contributed by atoms with E-state index < -0.39 is 6.10 Å². The molecule has 0 heterocycles. The Morgan fingerprint density at radius 3 is 0.743 bits per heavy atom. The molecule has 1 unspecified atom stereocenters. The molecule has 0 fully saturated rings. The number of unbranched alkanes of at least 4 members (excludes halogenated alkanes) is 46. The minimum Gasteiger partial charge on any atom is -0.462 e. The maximum Gasteiger partial charge on any atom is 0.306 e. The maximum atomic E-state index is 12.8. The highest BCUT2D eigenvalue weighted by Gasteiger charge is 2.19. The normalized spacial score (nSPS) is 12.0. The van der Waals surface area contributed by atoms with Crippen molar-refractivity contribution in [1.29, 1.82) is 0 Å². The fourth-order valence-electron chi connectivity index (χ4n) is 9.74. The first-order chi connectivity index (χ1) is 34.5. The van der Waals surface area contributed by atoms with Crippen LogP contribution in [-0.2, 0) is 28.6 Å². The second-order valence-electron chi connectivity index (χ2n) is 21.7. The first-order valence-corrected chi connectivity index (χ1v) is 31.7. The lowest BCUT2D eigenvalue weighted by Crippen LogP contribution is -2.30. The molecule has 0 amide bonds. The van der Waals surface area contributed by atoms with E-state index in [0.717, 1.165) is 64.2 Å². The third kappa shape index (κ3) is 57.1. The summed E-state index contributed by atoms with van der Waals surface area (Å²) in [4.78, 5) is 38.1. The Bertz CT molecular complexity index is 1090. The highest BCUT2D eigenvalue weighted by atomic mass is 16.6. The molecule has 6 heteroatoms. The van der Waals surface area contributed by atoms with Crippen LogP contribution in [0.2, 0.25) is 0 Å². The number of ether oxygens (including phenoxy) is 3. The lowest BCUT2D eigenvalue weighted by atomic mass is 10.0. The average Bonchev–Trinajstić information content (AvgIpc) is 3.36. The Labute approximate surface area is 437 Å². The van der Waals surface area contributed by atoms with Gasteiger partial charge in [-0.1, -0.05) is 309 Å². The molecular formula is C64H122O6. The van der Waals surface area contributed by atoms with Gasteiger partial charge in [0.05, 0.1) is 0 Å². The zero-order valence-electron chi connectivity index (χ0n) is 47.6. The van der Waals surface area contributed by atoms with Crippen LogP contribution in [0.5, 0.6) is 0 Å². The van der Waals surface area contributed by atoms with Crippen molar-refractivity contribution in [1.82, 2.24) is 0 Å². The first-order valence-electron chi connectivity index (χ1n) is 31.7. The summed E-state index contributed by atoms with van der Waals surface area (Å²) in [5.41, 5.74) is 0. The predicted octanol–water partition coefficient (Wildman–Crippen LogP) is 21.3. The number of carbonyl (C=O) groups is 3. The van der Waals surface area contributed by atoms with Gasteiger partial charge in [0, 0.05) is 19.3 Å². The molecule has 0 aliphatic carbocycles. The minimum absolute atomic E-state index is 0.0676. The van der Waals surface area contributed by atoms with E-state index in [1.807, 2.05) is 0 Å². The molecule has 6 nitrogen and oxygen atoms in total. The monoisotopic (exact) mass is 987 g/mol. The van der Waals surface area contributed by atoms with Crippen molar-refractivity contribution in [3.63, 3.8) is 0 Å². The van der Waals surface area contributed by atoms with Crippen LogP contribution in [0.3, 0.4) is 0 Å². The van der Waals surface area contributed by atoms with Crippen molar-refractivity contribution in [2.75, 3.05) is 13.2 Å². The van der Waals surface area contributed by atoms with Gasteiger partial charge in [0.2, 0.25) is 0 Å². The molecule has 70 heavy (non-hydrogen) atoms. The SMILES string of the molecule is CCCCC/C=C\CCCCCCCC(=O)OC(COC(=O)CCCCCCCCCCCCC)COC(=O)CCCCCCCCCCCCCCCCCCCCCCCCCCCCCCC. The van der Waals surface area contributed by atoms with Crippen LogP contribution in [-0.4, -0.2) is 37.2 Å². The van der Waals surface area contributed by atoms with Crippen LogP contribution in [0.1, 0.15) is 361 Å². The summed E-state index contributed by atoms with van der Waals surface area (Å²) in [5.74, 6) is -0.854. The van der Waals surface area contributed by atoms with Crippen LogP contribution in [0.4, 0.5) is 0 Å². The maximum absolute atomic E-state index is 12.8. The van der Waals surface area contributed by atoms with Gasteiger partial charge < -0.3 is 14.2 Å². The van der Waals surface area contributed by atoms with E-state index in [1.54, 1.807) is 0 Å². The highest BCUT2D eigenvalue weighted by molar-refractivity contribution is 5.71. The Morgan fingerprint density at radius 2 is 0.471 bits per heavy atom. The van der Waals surface area contributed by atoms with E-state index in [2.05, 4.69) is 32.9 Å². The number of carbonyl (C=O) groups excluding carboxylic acids is 3. The van der Waals surface area contributed by atoms with Gasteiger partial charge in [-0.3, -0.25) is 14.4 Å². The minimum atomic E-state index is -0.768. The van der Waals surface area contributed by atoms with Gasteiger partial charge in [0.25, 0.3) is 0 Å². The highest BCUT2D eigenvalue weighted by Crippen LogP contribution is 2.18. The summed E-state index contributed by atoms with van der Waals surface area (Å²) in [6.45, 7) is 6.66. The lowest BCUT2D eigenvalue weighted by Gasteiger charge is -2.18. The molecular weight excluding hydrogens is 865 g/mol. The lowest BCUT2D eigenvalue weighted by molar-refractivity contribution is -0.167. The fraction of sp³-hybridized carbons (Fsp3) is 0.922. The van der Waals surface area contributed by atoms with Gasteiger partial charge in [-0.15, -0.1) is 0 Å². The van der Waals surface area contributed by atoms with E-state index in [1.165, 1.54) is 257 Å². The Morgan fingerprint density at radius 1 is 0.271 bits per heavy atom. The molecule has 0 saturated carbocycles. The topological polar surface area (TPSA) is 78.9 Å². The summed E-state index contributed by atoms with van der Waals surface area (Å²) < 4.78 is 16.9. The van der Waals surface area contributed by atoms with Gasteiger partial charge in [0.1, 0.15) is 13.2 Å². The van der Waals surface area contributed by atoms with Crippen LogP contribution >= 0.6 is 0 Å². The van der Waals surface area contributed by atoms with Gasteiger partial charge >= 0.3 is 17.9 Å². The Balaban J connectivity index is 4.04. The first kappa shape index (κ1) is 68.2. The van der Waals surface area contributed by atoms with E-state index in [0.29, 0.717) is 19.3 Å². The number of hydrogen-bond donors (Lipinski definition) is 0. The predicted molar refractivity (Wildman–Crippen MR) is 303 cm³/mol. The van der Waals surface area contributed by atoms with E-state index >= 15 is 0 Å². The van der Waals surface area contributed by atoms with E-state index in [4.69, 9.17) is 14.2 Å². The summed E-state index contributed by atoms with van der Waals surface area (Å²) in [6, 6.07) is 0. The number of allylic oxidation sites excluding steroid dienone is 2. The third-order valence-corrected chi connectivity index (χ3v) is 14.5. The fourth-order valence-corrected chi connectivity index (χ4v) is 9.74. The summed E-state index contributed by atoms with van der Waals surface area (Å²) in [5, 5.41) is 0. The molecule has 0 aliphatic rings. The van der Waals surface area contributed by atoms with Gasteiger partial charge in [-0.25, -0.2) is 0 Å². The molecule has 1 atom stereocenters. The molecule has 0 aromatic rings. The van der Waals surface area contributed by atoms with Crippen LogP contribution in [0.15, 0.2) is 12.2 Å². The number of rotatable bonds is 59. The van der Waals surface area contributed by atoms with Crippen molar-refractivity contribution >= 4 is 17.9 Å². The van der Waals surface area contributed by atoms with Crippen LogP contribution < -0.4 is 0 Å². The molecule has 0 rings (SSSR count). The molecule has 0 saturated heterocycles. The molecule has 0 spiro atoms. The zero-order valence-corrected chi connectivity index (χ0v) is 47.6. The smallest absolute Gasteiger partial charge is 0.306 e. The number of esters is 3. The summed E-state index contributed by atoms with van der Waals surface area (Å²) >= 11 is 0. The van der Waals surface area contributed by atoms with Crippen molar-refractivity contribution < 1.29 is 28.6 Å². The van der Waals surface area contributed by atoms with E-state index in [-0.39, 0.29) is 31.1 Å². The van der Waals surface area contributed by atoms with Crippen LogP contribution in [0, 0.1) is 0 Å². The Hall–Kier alpha value is -1.85. The van der Waals surface area contributed by atoms with Gasteiger partial charge in [-0.2, -0.15) is 0 Å². The molecule has 0 aliphatic heterocycles. The third-order valence-electron chi connectivity index (χ3n) is 14.5. The standard InChI is InChI=1S/C64H122O6/c1-4-7-10-13-16-19-22-24-25-26-27-28-29-30-31-32-33-34-35-36-37-38-39-40-43-45-48-51-54-57-63(66)69-60-61(59-68-62(65)56-53-50-47-44-41-21-18-15-12-9-6-3)70-64(67)58-55-52-49-46-42-23-20-17-14-11-8-5-2/h17,20,61H,4-16,18-19,21-60H2,1-3H3/b20-17-. The van der Waals surface area contributed by atoms with Crippen molar-refractivity contribution in [3.05, 3.63) is 12.2 Å². The van der Waals surface area contributed by atoms with Gasteiger partial charge in [0.15, 0.2) is 6.10 Å². The molecule has 0 aromatic carbocycles. The molecule has 0 radical (unpaired) electrons. The average molecular weight is 988 g/mol. The van der Waals surface area contributed by atoms with E-state index in [9.17, 15) is 14.4 Å². The summed E-state index contributed by atoms with van der Waals surface area (Å²) in [7, 11) is 0. The zero-order chi connectivity index (χ0) is 50.7. The van der Waals surface area contributed by atoms with Crippen LogP contribution in [0.25, 0.3) is 0 Å².